The quantitative estimate of drug-likeness (QED) is 0.761. The van der Waals surface area contributed by atoms with E-state index < -0.39 is 0 Å². The Kier molecular flexibility index (Phi) is 4.57. The molecule has 0 fully saturated rings. The van der Waals surface area contributed by atoms with Gasteiger partial charge in [0.05, 0.1) is 7.11 Å². The molecule has 1 heterocycles. The number of methoxy groups -OCH3 is 1. The van der Waals surface area contributed by atoms with Crippen LogP contribution >= 0.6 is 0 Å². The summed E-state index contributed by atoms with van der Waals surface area (Å²) in [7, 11) is 1.53. The maximum atomic E-state index is 11.3. The molecule has 0 spiro atoms. The molecule has 0 aliphatic heterocycles. The molecule has 21 heavy (non-hydrogen) atoms. The molecule has 0 amide bonds. The van der Waals surface area contributed by atoms with E-state index in [1.165, 1.54) is 14.0 Å². The van der Waals surface area contributed by atoms with Crippen LogP contribution in [0.5, 0.6) is 11.5 Å². The molecule has 112 valence electrons. The Balaban J connectivity index is 2.10. The van der Waals surface area contributed by atoms with Crippen molar-refractivity contribution in [3.8, 4) is 11.5 Å². The van der Waals surface area contributed by atoms with Gasteiger partial charge in [-0.25, -0.2) is 0 Å². The van der Waals surface area contributed by atoms with Gasteiger partial charge in [-0.15, -0.1) is 0 Å². The Hall–Kier alpha value is -2.37. The van der Waals surface area contributed by atoms with Crippen molar-refractivity contribution >= 4 is 5.78 Å². The summed E-state index contributed by atoms with van der Waals surface area (Å²) in [6.45, 7) is 5.62. The van der Waals surface area contributed by atoms with Crippen molar-refractivity contribution in [1.82, 2.24) is 10.1 Å². The van der Waals surface area contributed by atoms with Crippen LogP contribution < -0.4 is 9.47 Å². The molecule has 0 saturated heterocycles. The van der Waals surface area contributed by atoms with Crippen LogP contribution in [0.3, 0.4) is 0 Å². The maximum Gasteiger partial charge on any atom is 0.229 e. The highest BCUT2D eigenvalue weighted by Crippen LogP contribution is 2.28. The van der Waals surface area contributed by atoms with Gasteiger partial charge in [0.15, 0.2) is 23.9 Å². The van der Waals surface area contributed by atoms with Crippen LogP contribution in [0.1, 0.15) is 48.8 Å². The van der Waals surface area contributed by atoms with Gasteiger partial charge in [0.1, 0.15) is 0 Å². The third kappa shape index (κ3) is 3.59. The Labute approximate surface area is 123 Å². The lowest BCUT2D eigenvalue weighted by atomic mass is 10.1. The van der Waals surface area contributed by atoms with E-state index in [2.05, 4.69) is 10.1 Å². The number of hydrogen-bond acceptors (Lipinski definition) is 6. The molecule has 0 atom stereocenters. The molecule has 6 nitrogen and oxygen atoms in total. The first kappa shape index (κ1) is 15.0. The van der Waals surface area contributed by atoms with Gasteiger partial charge < -0.3 is 14.0 Å². The first-order chi connectivity index (χ1) is 10.0. The number of carbonyl (C=O) groups is 1. The van der Waals surface area contributed by atoms with Crippen molar-refractivity contribution in [1.29, 1.82) is 0 Å². The third-order valence-electron chi connectivity index (χ3n) is 2.90. The molecule has 0 saturated carbocycles. The van der Waals surface area contributed by atoms with Gasteiger partial charge in [-0.1, -0.05) is 19.0 Å². The topological polar surface area (TPSA) is 74.5 Å². The van der Waals surface area contributed by atoms with E-state index in [1.54, 1.807) is 18.2 Å². The molecule has 1 aromatic heterocycles. The summed E-state index contributed by atoms with van der Waals surface area (Å²) >= 11 is 0. The van der Waals surface area contributed by atoms with E-state index in [-0.39, 0.29) is 18.3 Å². The summed E-state index contributed by atoms with van der Waals surface area (Å²) in [6.07, 6.45) is 0. The number of Topliss-reactive ketones (excluding diaryl/α,β-unsaturated/α-hetero) is 1. The van der Waals surface area contributed by atoms with Crippen LogP contribution in [0.4, 0.5) is 0 Å². The molecule has 6 heteroatoms. The summed E-state index contributed by atoms with van der Waals surface area (Å²) in [6, 6.07) is 5.03. The summed E-state index contributed by atoms with van der Waals surface area (Å²) in [5.41, 5.74) is 0.570. The van der Waals surface area contributed by atoms with Crippen molar-refractivity contribution in [2.75, 3.05) is 7.11 Å². The fraction of sp³-hybridized carbons (Fsp3) is 0.400. The summed E-state index contributed by atoms with van der Waals surface area (Å²) in [4.78, 5) is 15.6. The number of ether oxygens (including phenoxy) is 2. The van der Waals surface area contributed by atoms with Crippen molar-refractivity contribution in [3.63, 3.8) is 0 Å². The molecule has 2 aromatic rings. The van der Waals surface area contributed by atoms with Crippen LogP contribution in [0.25, 0.3) is 0 Å². The van der Waals surface area contributed by atoms with Crippen molar-refractivity contribution in [2.24, 2.45) is 0 Å². The van der Waals surface area contributed by atoms with Gasteiger partial charge in [-0.3, -0.25) is 4.79 Å². The van der Waals surface area contributed by atoms with Crippen molar-refractivity contribution in [3.05, 3.63) is 35.5 Å². The second-order valence-corrected chi connectivity index (χ2v) is 4.91. The number of carbonyl (C=O) groups excluding carboxylic acids is 1. The number of nitrogens with zero attached hydrogens (tertiary/aromatic N) is 2. The van der Waals surface area contributed by atoms with Gasteiger partial charge >= 0.3 is 0 Å². The SMILES string of the molecule is COc1cc(C(C)=O)ccc1OCc1noc(C(C)C)n1. The highest BCUT2D eigenvalue weighted by Gasteiger charge is 2.12. The van der Waals surface area contributed by atoms with Gasteiger partial charge in [0, 0.05) is 11.5 Å². The zero-order valence-electron chi connectivity index (χ0n) is 12.5. The zero-order chi connectivity index (χ0) is 15.4. The van der Waals surface area contributed by atoms with Gasteiger partial charge in [-0.2, -0.15) is 4.98 Å². The number of benzene rings is 1. The summed E-state index contributed by atoms with van der Waals surface area (Å²) < 4.78 is 16.0. The lowest BCUT2D eigenvalue weighted by molar-refractivity contribution is 0.101. The van der Waals surface area contributed by atoms with Crippen LogP contribution in [0.15, 0.2) is 22.7 Å². The van der Waals surface area contributed by atoms with Crippen LogP contribution in [-0.2, 0) is 6.61 Å². The predicted octanol–water partition coefficient (Wildman–Crippen LogP) is 2.98. The Morgan fingerprint density at radius 3 is 2.67 bits per heavy atom. The van der Waals surface area contributed by atoms with E-state index in [0.717, 1.165) is 0 Å². The number of aromatic nitrogens is 2. The van der Waals surface area contributed by atoms with E-state index in [1.807, 2.05) is 13.8 Å². The summed E-state index contributed by atoms with van der Waals surface area (Å²) in [5.74, 6) is 2.22. The van der Waals surface area contributed by atoms with E-state index in [0.29, 0.717) is 28.8 Å². The number of hydrogen-bond donors (Lipinski definition) is 0. The normalized spacial score (nSPS) is 10.7. The minimum Gasteiger partial charge on any atom is -0.493 e. The highest BCUT2D eigenvalue weighted by atomic mass is 16.5. The number of rotatable bonds is 6. The lowest BCUT2D eigenvalue weighted by Gasteiger charge is -2.10. The fourth-order valence-corrected chi connectivity index (χ4v) is 1.71. The predicted molar refractivity (Wildman–Crippen MR) is 75.7 cm³/mol. The molecule has 0 bridgehead atoms. The van der Waals surface area contributed by atoms with Crippen molar-refractivity contribution < 1.29 is 18.8 Å². The number of ketones is 1. The lowest BCUT2D eigenvalue weighted by Crippen LogP contribution is -2.01. The second kappa shape index (κ2) is 6.39. The molecular formula is C15H18N2O4. The highest BCUT2D eigenvalue weighted by molar-refractivity contribution is 5.94. The van der Waals surface area contributed by atoms with Crippen LogP contribution in [0.2, 0.25) is 0 Å². The average Bonchev–Trinajstić information content (AvgIpc) is 2.93. The molecule has 0 radical (unpaired) electrons. The molecular weight excluding hydrogens is 272 g/mol. The molecule has 0 aliphatic carbocycles. The fourth-order valence-electron chi connectivity index (χ4n) is 1.71. The smallest absolute Gasteiger partial charge is 0.229 e. The van der Waals surface area contributed by atoms with E-state index in [9.17, 15) is 4.79 Å². The van der Waals surface area contributed by atoms with Crippen LogP contribution in [-0.4, -0.2) is 23.0 Å². The monoisotopic (exact) mass is 290 g/mol. The van der Waals surface area contributed by atoms with E-state index in [4.69, 9.17) is 14.0 Å². The second-order valence-electron chi connectivity index (χ2n) is 4.91. The average molecular weight is 290 g/mol. The molecule has 0 unspecified atom stereocenters. The standard InChI is InChI=1S/C15H18N2O4/c1-9(2)15-16-14(17-21-15)8-20-12-6-5-11(10(3)18)7-13(12)19-4/h5-7,9H,8H2,1-4H3. The Bertz CT molecular complexity index is 634. The van der Waals surface area contributed by atoms with E-state index >= 15 is 0 Å². The first-order valence-corrected chi connectivity index (χ1v) is 6.65. The summed E-state index contributed by atoms with van der Waals surface area (Å²) in [5, 5.41) is 3.85. The first-order valence-electron chi connectivity index (χ1n) is 6.65. The Morgan fingerprint density at radius 2 is 2.10 bits per heavy atom. The van der Waals surface area contributed by atoms with Gasteiger partial charge in [0.25, 0.3) is 0 Å². The molecule has 2 rings (SSSR count). The Morgan fingerprint density at radius 1 is 1.33 bits per heavy atom. The van der Waals surface area contributed by atoms with Gasteiger partial charge in [-0.05, 0) is 25.1 Å². The zero-order valence-corrected chi connectivity index (χ0v) is 12.5. The minimum atomic E-state index is -0.0282. The molecule has 0 N–H and O–H groups in total. The maximum absolute atomic E-state index is 11.3. The van der Waals surface area contributed by atoms with Gasteiger partial charge in [0.2, 0.25) is 11.7 Å². The molecule has 0 aliphatic rings. The van der Waals surface area contributed by atoms with Crippen LogP contribution in [0, 0.1) is 0 Å². The third-order valence-corrected chi connectivity index (χ3v) is 2.90. The molecule has 1 aromatic carbocycles. The minimum absolute atomic E-state index is 0.0282. The van der Waals surface area contributed by atoms with Crippen molar-refractivity contribution in [2.45, 2.75) is 33.3 Å². The largest absolute Gasteiger partial charge is 0.493 e.